The number of hydrogen-bond donors (Lipinski definition) is 2. The van der Waals surface area contributed by atoms with Crippen molar-refractivity contribution in [3.63, 3.8) is 0 Å². The summed E-state index contributed by atoms with van der Waals surface area (Å²) in [4.78, 5) is 32.6. The van der Waals surface area contributed by atoms with Crippen molar-refractivity contribution in [3.8, 4) is 0 Å². The lowest BCUT2D eigenvalue weighted by Crippen LogP contribution is -2.57. The quantitative estimate of drug-likeness (QED) is 0.820. The summed E-state index contributed by atoms with van der Waals surface area (Å²) in [5.74, 6) is 0.697. The first-order valence-electron chi connectivity index (χ1n) is 7.79. The fraction of sp³-hybridized carbons (Fsp3) is 0.533. The van der Waals surface area contributed by atoms with Crippen LogP contribution in [-0.2, 0) is 4.79 Å². The lowest BCUT2D eigenvalue weighted by molar-refractivity contribution is -0.138. The SMILES string of the molecule is Nc1cccnc1N1CCC(N2CCN(C(=O)O)CC2=O)CC1. The molecule has 3 rings (SSSR count). The second-order valence-electron chi connectivity index (χ2n) is 5.93. The van der Waals surface area contributed by atoms with E-state index < -0.39 is 6.09 Å². The van der Waals surface area contributed by atoms with Crippen LogP contribution in [0.5, 0.6) is 0 Å². The molecule has 0 spiro atoms. The van der Waals surface area contributed by atoms with Gasteiger partial charge in [0.05, 0.1) is 5.69 Å². The zero-order valence-electron chi connectivity index (χ0n) is 12.9. The van der Waals surface area contributed by atoms with E-state index in [1.807, 2.05) is 17.0 Å². The van der Waals surface area contributed by atoms with Crippen LogP contribution in [0.1, 0.15) is 12.8 Å². The number of anilines is 2. The third kappa shape index (κ3) is 3.15. The van der Waals surface area contributed by atoms with Gasteiger partial charge in [-0.25, -0.2) is 9.78 Å². The molecule has 2 fully saturated rings. The Balaban J connectivity index is 1.58. The fourth-order valence-corrected chi connectivity index (χ4v) is 3.30. The molecule has 2 saturated heterocycles. The molecule has 3 heterocycles. The highest BCUT2D eigenvalue weighted by Crippen LogP contribution is 2.25. The van der Waals surface area contributed by atoms with E-state index in [-0.39, 0.29) is 18.5 Å². The molecule has 3 N–H and O–H groups in total. The number of piperazine rings is 1. The van der Waals surface area contributed by atoms with Crippen LogP contribution in [-0.4, -0.2) is 70.7 Å². The van der Waals surface area contributed by atoms with E-state index >= 15 is 0 Å². The minimum Gasteiger partial charge on any atom is -0.465 e. The minimum atomic E-state index is -1.03. The van der Waals surface area contributed by atoms with Gasteiger partial charge in [-0.3, -0.25) is 9.69 Å². The van der Waals surface area contributed by atoms with Gasteiger partial charge in [-0.05, 0) is 25.0 Å². The molecule has 2 aliphatic rings. The predicted molar refractivity (Wildman–Crippen MR) is 85.2 cm³/mol. The number of hydrogen-bond acceptors (Lipinski definition) is 5. The number of pyridine rings is 1. The number of nitrogen functional groups attached to an aromatic ring is 1. The summed E-state index contributed by atoms with van der Waals surface area (Å²) in [5, 5.41) is 8.97. The van der Waals surface area contributed by atoms with Crippen molar-refractivity contribution in [2.24, 2.45) is 0 Å². The van der Waals surface area contributed by atoms with Crippen molar-refractivity contribution in [2.75, 3.05) is 43.4 Å². The van der Waals surface area contributed by atoms with Crippen molar-refractivity contribution < 1.29 is 14.7 Å². The topological polar surface area (TPSA) is 103 Å². The van der Waals surface area contributed by atoms with Gasteiger partial charge in [0.25, 0.3) is 0 Å². The van der Waals surface area contributed by atoms with E-state index in [2.05, 4.69) is 9.88 Å². The molecule has 8 heteroatoms. The van der Waals surface area contributed by atoms with Gasteiger partial charge in [-0.15, -0.1) is 0 Å². The van der Waals surface area contributed by atoms with Crippen LogP contribution >= 0.6 is 0 Å². The maximum absolute atomic E-state index is 12.2. The van der Waals surface area contributed by atoms with Gasteiger partial charge < -0.3 is 20.6 Å². The Kier molecular flexibility index (Phi) is 4.22. The van der Waals surface area contributed by atoms with Crippen LogP contribution in [0.3, 0.4) is 0 Å². The molecular weight excluding hydrogens is 298 g/mol. The van der Waals surface area contributed by atoms with Gasteiger partial charge in [0.1, 0.15) is 6.54 Å². The Labute approximate surface area is 134 Å². The Morgan fingerprint density at radius 1 is 1.26 bits per heavy atom. The zero-order chi connectivity index (χ0) is 16.4. The van der Waals surface area contributed by atoms with E-state index in [0.717, 1.165) is 31.7 Å². The summed E-state index contributed by atoms with van der Waals surface area (Å²) in [6.45, 7) is 2.40. The normalized spacial score (nSPS) is 20.0. The molecule has 0 aliphatic carbocycles. The molecule has 0 saturated carbocycles. The lowest BCUT2D eigenvalue weighted by Gasteiger charge is -2.42. The minimum absolute atomic E-state index is 0.0390. The number of nitrogens with zero attached hydrogens (tertiary/aromatic N) is 4. The summed E-state index contributed by atoms with van der Waals surface area (Å²) in [6, 6.07) is 3.81. The van der Waals surface area contributed by atoms with Crippen molar-refractivity contribution in [1.29, 1.82) is 0 Å². The lowest BCUT2D eigenvalue weighted by atomic mass is 10.0. The van der Waals surface area contributed by atoms with E-state index in [4.69, 9.17) is 10.8 Å². The summed E-state index contributed by atoms with van der Waals surface area (Å²) in [7, 11) is 0. The number of carbonyl (C=O) groups excluding carboxylic acids is 1. The molecule has 0 atom stereocenters. The van der Waals surface area contributed by atoms with Crippen LogP contribution in [0.15, 0.2) is 18.3 Å². The highest BCUT2D eigenvalue weighted by molar-refractivity contribution is 5.83. The zero-order valence-corrected chi connectivity index (χ0v) is 12.9. The van der Waals surface area contributed by atoms with Crippen molar-refractivity contribution in [3.05, 3.63) is 18.3 Å². The molecule has 124 valence electrons. The maximum Gasteiger partial charge on any atom is 0.407 e. The van der Waals surface area contributed by atoms with Crippen LogP contribution < -0.4 is 10.6 Å². The second kappa shape index (κ2) is 6.31. The van der Waals surface area contributed by atoms with Crippen LogP contribution in [0.2, 0.25) is 0 Å². The number of amides is 2. The number of carboxylic acid groups (broad SMARTS) is 1. The standard InChI is InChI=1S/C15H21N5O3/c16-12-2-1-5-17-14(12)18-6-3-11(4-7-18)20-9-8-19(15(22)23)10-13(20)21/h1-2,5,11H,3-4,6-10,16H2,(H,22,23). The van der Waals surface area contributed by atoms with Gasteiger partial charge in [-0.2, -0.15) is 0 Å². The number of aromatic nitrogens is 1. The Bertz CT molecular complexity index is 601. The molecule has 1 aromatic heterocycles. The summed E-state index contributed by atoms with van der Waals surface area (Å²) in [6.07, 6.45) is 2.38. The highest BCUT2D eigenvalue weighted by Gasteiger charge is 2.33. The first-order chi connectivity index (χ1) is 11.1. The third-order valence-corrected chi connectivity index (χ3v) is 4.55. The summed E-state index contributed by atoms with van der Waals surface area (Å²) >= 11 is 0. The number of rotatable bonds is 2. The number of piperidine rings is 1. The van der Waals surface area contributed by atoms with Crippen LogP contribution in [0.25, 0.3) is 0 Å². The first kappa shape index (κ1) is 15.4. The van der Waals surface area contributed by atoms with Crippen molar-refractivity contribution in [1.82, 2.24) is 14.8 Å². The molecule has 0 unspecified atom stereocenters. The molecular formula is C15H21N5O3. The van der Waals surface area contributed by atoms with Gasteiger partial charge in [0.2, 0.25) is 5.91 Å². The largest absolute Gasteiger partial charge is 0.465 e. The molecule has 8 nitrogen and oxygen atoms in total. The molecule has 2 amide bonds. The fourth-order valence-electron chi connectivity index (χ4n) is 3.30. The van der Waals surface area contributed by atoms with E-state index in [0.29, 0.717) is 18.8 Å². The van der Waals surface area contributed by atoms with Crippen molar-refractivity contribution >= 4 is 23.5 Å². The molecule has 0 radical (unpaired) electrons. The van der Waals surface area contributed by atoms with E-state index in [9.17, 15) is 9.59 Å². The Hall–Kier alpha value is -2.51. The summed E-state index contributed by atoms with van der Waals surface area (Å²) in [5.41, 5.74) is 6.63. The molecule has 0 bridgehead atoms. The second-order valence-corrected chi connectivity index (χ2v) is 5.93. The van der Waals surface area contributed by atoms with Gasteiger partial charge in [-0.1, -0.05) is 0 Å². The highest BCUT2D eigenvalue weighted by atomic mass is 16.4. The van der Waals surface area contributed by atoms with E-state index in [1.54, 1.807) is 6.20 Å². The maximum atomic E-state index is 12.2. The Morgan fingerprint density at radius 3 is 2.61 bits per heavy atom. The summed E-state index contributed by atoms with van der Waals surface area (Å²) < 4.78 is 0. The predicted octanol–water partition coefficient (Wildman–Crippen LogP) is 0.455. The smallest absolute Gasteiger partial charge is 0.407 e. The molecule has 2 aliphatic heterocycles. The van der Waals surface area contributed by atoms with E-state index in [1.165, 1.54) is 4.90 Å². The number of carbonyl (C=O) groups is 2. The molecule has 23 heavy (non-hydrogen) atoms. The van der Waals surface area contributed by atoms with Crippen LogP contribution in [0.4, 0.5) is 16.3 Å². The van der Waals surface area contributed by atoms with Gasteiger partial charge in [0.15, 0.2) is 5.82 Å². The Morgan fingerprint density at radius 2 is 2.00 bits per heavy atom. The molecule has 0 aromatic carbocycles. The third-order valence-electron chi connectivity index (χ3n) is 4.55. The van der Waals surface area contributed by atoms with Gasteiger partial charge >= 0.3 is 6.09 Å². The average molecular weight is 319 g/mol. The first-order valence-corrected chi connectivity index (χ1v) is 7.79. The van der Waals surface area contributed by atoms with Crippen LogP contribution in [0, 0.1) is 0 Å². The number of nitrogens with two attached hydrogens (primary N) is 1. The average Bonchev–Trinajstić information content (AvgIpc) is 2.55. The molecule has 1 aromatic rings. The van der Waals surface area contributed by atoms with Gasteiger partial charge in [0, 0.05) is 38.4 Å². The van der Waals surface area contributed by atoms with Crippen molar-refractivity contribution in [2.45, 2.75) is 18.9 Å². The monoisotopic (exact) mass is 319 g/mol.